The fraction of sp³-hybridized carbons (Fsp3) is 0.500. The molecule has 0 unspecified atom stereocenters. The van der Waals surface area contributed by atoms with Gasteiger partial charge in [0.2, 0.25) is 5.70 Å². The predicted molar refractivity (Wildman–Crippen MR) is 110 cm³/mol. The first kappa shape index (κ1) is 23.8. The molecule has 0 bridgehead atoms. The molecular weight excluding hydrogens is 326 g/mol. The highest BCUT2D eigenvalue weighted by Crippen LogP contribution is 2.06. The first-order chi connectivity index (χ1) is 12.7. The molecule has 4 nitrogen and oxygen atoms in total. The van der Waals surface area contributed by atoms with Crippen LogP contribution in [0.25, 0.3) is 0 Å². The second kappa shape index (κ2) is 19.1. The van der Waals surface area contributed by atoms with Gasteiger partial charge in [-0.15, -0.1) is 0 Å². The van der Waals surface area contributed by atoms with E-state index in [1.165, 1.54) is 0 Å². The zero-order chi connectivity index (χ0) is 19.3. The highest BCUT2D eigenvalue weighted by Gasteiger charge is 2.05. The fourth-order valence-electron chi connectivity index (χ4n) is 2.23. The van der Waals surface area contributed by atoms with Crippen LogP contribution in [-0.2, 0) is 4.79 Å². The summed E-state index contributed by atoms with van der Waals surface area (Å²) < 4.78 is 0. The summed E-state index contributed by atoms with van der Waals surface area (Å²) in [6, 6.07) is 0. The van der Waals surface area contributed by atoms with Gasteiger partial charge in [0.15, 0.2) is 0 Å². The maximum atomic E-state index is 10.9. The average Bonchev–Trinajstić information content (AvgIpc) is 2.63. The molecule has 0 fully saturated rings. The molecule has 26 heavy (non-hydrogen) atoms. The van der Waals surface area contributed by atoms with Gasteiger partial charge in [-0.25, -0.2) is 0 Å². The van der Waals surface area contributed by atoms with Gasteiger partial charge in [-0.2, -0.15) is 0 Å². The van der Waals surface area contributed by atoms with Crippen LogP contribution in [0.3, 0.4) is 0 Å². The topological polar surface area (TPSA) is 60.2 Å². The lowest BCUT2D eigenvalue weighted by atomic mass is 10.1. The molecule has 144 valence electrons. The van der Waals surface area contributed by atoms with Gasteiger partial charge >= 0.3 is 0 Å². The van der Waals surface area contributed by atoms with Crippen LogP contribution >= 0.6 is 0 Å². The van der Waals surface area contributed by atoms with Crippen molar-refractivity contribution in [1.82, 2.24) is 0 Å². The van der Waals surface area contributed by atoms with E-state index < -0.39 is 0 Å². The third-order valence-corrected chi connectivity index (χ3v) is 3.69. The molecule has 0 rings (SSSR count). The second-order valence-electron chi connectivity index (χ2n) is 5.96. The maximum absolute atomic E-state index is 10.9. The van der Waals surface area contributed by atoms with Gasteiger partial charge in [0.05, 0.1) is 11.3 Å². The number of aldehydes is 1. The number of hydrogen-bond donors (Lipinski definition) is 0. The summed E-state index contributed by atoms with van der Waals surface area (Å²) in [4.78, 5) is 20.8. The van der Waals surface area contributed by atoms with Gasteiger partial charge in [-0.3, -0.25) is 10.1 Å². The molecule has 0 aromatic heterocycles. The Hall–Kier alpha value is -2.23. The van der Waals surface area contributed by atoms with Crippen molar-refractivity contribution in [1.29, 1.82) is 0 Å². The minimum atomic E-state index is -0.303. The van der Waals surface area contributed by atoms with Gasteiger partial charge < -0.3 is 4.79 Å². The number of nitrogens with zero attached hydrogens (tertiary/aromatic N) is 1. The first-order valence-corrected chi connectivity index (χ1v) is 9.59. The van der Waals surface area contributed by atoms with E-state index in [1.807, 2.05) is 31.2 Å². The number of allylic oxidation sites excluding steroid dienone is 9. The first-order valence-electron chi connectivity index (χ1n) is 9.59. The molecule has 0 saturated heterocycles. The van der Waals surface area contributed by atoms with Gasteiger partial charge in [0.25, 0.3) is 0 Å². The SMILES string of the molecule is CC/C=C/C/C(=C/C/C=C/C/C=C/C/C=C/CCCCCC=O)[N+](=O)[O-]. The number of unbranched alkanes of at least 4 members (excludes halogenated alkanes) is 4. The van der Waals surface area contributed by atoms with E-state index in [1.54, 1.807) is 6.08 Å². The van der Waals surface area contributed by atoms with Crippen molar-refractivity contribution in [2.45, 2.75) is 71.1 Å². The van der Waals surface area contributed by atoms with Gasteiger partial charge in [-0.05, 0) is 51.0 Å². The molecule has 0 aliphatic carbocycles. The lowest BCUT2D eigenvalue weighted by Gasteiger charge is -1.93. The van der Waals surface area contributed by atoms with E-state index in [9.17, 15) is 14.9 Å². The Bertz CT molecular complexity index is 513. The Labute approximate surface area is 158 Å². The standard InChI is InChI=1S/C22H33NO3/c1-2-3-16-19-22(23(25)26)20-17-14-12-10-8-6-4-5-7-9-11-13-15-18-21-24/h3,5-8,12,14,16,20-21H,2,4,9-11,13,15,17-19H2,1H3/b7-5+,8-6+,14-12+,16-3+,22-20-. The van der Waals surface area contributed by atoms with Crippen molar-refractivity contribution >= 4 is 6.29 Å². The third-order valence-electron chi connectivity index (χ3n) is 3.69. The van der Waals surface area contributed by atoms with Crippen LogP contribution in [0.4, 0.5) is 0 Å². The largest absolute Gasteiger partial charge is 0.303 e. The molecule has 0 spiro atoms. The summed E-state index contributed by atoms with van der Waals surface area (Å²) in [6.07, 6.45) is 27.7. The minimum absolute atomic E-state index is 0.256. The average molecular weight is 360 g/mol. The molecule has 0 N–H and O–H groups in total. The Morgan fingerprint density at radius 2 is 1.42 bits per heavy atom. The molecule has 0 atom stereocenters. The summed E-state index contributed by atoms with van der Waals surface area (Å²) in [5, 5.41) is 10.9. The summed E-state index contributed by atoms with van der Waals surface area (Å²) in [7, 11) is 0. The van der Waals surface area contributed by atoms with E-state index in [0.29, 0.717) is 19.3 Å². The van der Waals surface area contributed by atoms with Crippen LogP contribution in [0.1, 0.15) is 71.1 Å². The van der Waals surface area contributed by atoms with E-state index in [4.69, 9.17) is 0 Å². The van der Waals surface area contributed by atoms with Crippen LogP contribution in [0.15, 0.2) is 60.4 Å². The minimum Gasteiger partial charge on any atom is -0.303 e. The van der Waals surface area contributed by atoms with Crippen LogP contribution in [-0.4, -0.2) is 11.2 Å². The number of carbonyl (C=O) groups excluding carboxylic acids is 1. The fourth-order valence-corrected chi connectivity index (χ4v) is 2.23. The van der Waals surface area contributed by atoms with E-state index >= 15 is 0 Å². The Morgan fingerprint density at radius 3 is 2.04 bits per heavy atom. The third kappa shape index (κ3) is 16.6. The van der Waals surface area contributed by atoms with E-state index in [2.05, 4.69) is 24.3 Å². The van der Waals surface area contributed by atoms with Gasteiger partial charge in [0, 0.05) is 6.42 Å². The zero-order valence-corrected chi connectivity index (χ0v) is 16.0. The number of carbonyl (C=O) groups is 1. The lowest BCUT2D eigenvalue weighted by molar-refractivity contribution is -0.427. The molecular formula is C22H33NO3. The molecule has 4 heteroatoms. The lowest BCUT2D eigenvalue weighted by Crippen LogP contribution is -1.97. The monoisotopic (exact) mass is 359 g/mol. The Morgan fingerprint density at radius 1 is 0.808 bits per heavy atom. The predicted octanol–water partition coefficient (Wildman–Crippen LogP) is 6.49. The molecule has 0 saturated carbocycles. The summed E-state index contributed by atoms with van der Waals surface area (Å²) >= 11 is 0. The number of hydrogen-bond acceptors (Lipinski definition) is 3. The second-order valence-corrected chi connectivity index (χ2v) is 5.96. The van der Waals surface area contributed by atoms with Gasteiger partial charge in [-0.1, -0.05) is 62.0 Å². The van der Waals surface area contributed by atoms with Crippen molar-refractivity contribution in [3.63, 3.8) is 0 Å². The van der Waals surface area contributed by atoms with Crippen molar-refractivity contribution in [3.05, 3.63) is 70.5 Å². The summed E-state index contributed by atoms with van der Waals surface area (Å²) in [6.45, 7) is 2.01. The molecule has 0 heterocycles. The number of rotatable bonds is 16. The quantitative estimate of drug-likeness (QED) is 0.104. The Kier molecular flexibility index (Phi) is 17.5. The smallest absolute Gasteiger partial charge is 0.246 e. The maximum Gasteiger partial charge on any atom is 0.246 e. The summed E-state index contributed by atoms with van der Waals surface area (Å²) in [5.41, 5.74) is 0.256. The van der Waals surface area contributed by atoms with Crippen LogP contribution in [0.2, 0.25) is 0 Å². The van der Waals surface area contributed by atoms with E-state index in [-0.39, 0.29) is 10.6 Å². The zero-order valence-electron chi connectivity index (χ0n) is 16.0. The Balaban J connectivity index is 3.82. The van der Waals surface area contributed by atoms with Crippen LogP contribution in [0.5, 0.6) is 0 Å². The molecule has 0 aliphatic heterocycles. The van der Waals surface area contributed by atoms with Crippen molar-refractivity contribution in [2.75, 3.05) is 0 Å². The van der Waals surface area contributed by atoms with Crippen LogP contribution in [0, 0.1) is 10.1 Å². The normalized spacial score (nSPS) is 12.9. The summed E-state index contributed by atoms with van der Waals surface area (Å²) in [5.74, 6) is 0. The molecule has 0 radical (unpaired) electrons. The molecule has 0 aromatic rings. The highest BCUT2D eigenvalue weighted by atomic mass is 16.6. The van der Waals surface area contributed by atoms with Crippen molar-refractivity contribution < 1.29 is 9.72 Å². The molecule has 0 aliphatic rings. The van der Waals surface area contributed by atoms with Crippen molar-refractivity contribution in [3.8, 4) is 0 Å². The van der Waals surface area contributed by atoms with E-state index in [0.717, 1.165) is 51.2 Å². The van der Waals surface area contributed by atoms with Gasteiger partial charge in [0.1, 0.15) is 6.29 Å². The van der Waals surface area contributed by atoms with Crippen LogP contribution < -0.4 is 0 Å². The molecule has 0 amide bonds. The van der Waals surface area contributed by atoms with Crippen molar-refractivity contribution in [2.24, 2.45) is 0 Å². The molecule has 0 aromatic carbocycles. The number of nitro groups is 1. The highest BCUT2D eigenvalue weighted by molar-refractivity contribution is 5.48.